The van der Waals surface area contributed by atoms with Crippen LogP contribution in [0.1, 0.15) is 32.6 Å². The number of rotatable bonds is 7. The van der Waals surface area contributed by atoms with E-state index in [9.17, 15) is 0 Å². The Labute approximate surface area is 112 Å². The average molecular weight is 262 g/mol. The smallest absolute Gasteiger partial charge is 0.128 e. The van der Waals surface area contributed by atoms with E-state index >= 15 is 0 Å². The molecule has 96 valence electrons. The minimum absolute atomic E-state index is 0.772. The molecular weight excluding hydrogens is 244 g/mol. The van der Waals surface area contributed by atoms with E-state index in [1.54, 1.807) is 0 Å². The number of para-hydroxylation sites is 1. The van der Waals surface area contributed by atoms with Gasteiger partial charge in [0.2, 0.25) is 0 Å². The zero-order valence-electron chi connectivity index (χ0n) is 10.6. The Morgan fingerprint density at radius 1 is 1.17 bits per heavy atom. The SMILES string of the molecule is CCCCCCOc1ccccc1-c1csnn1. The van der Waals surface area contributed by atoms with Gasteiger partial charge < -0.3 is 4.74 Å². The van der Waals surface area contributed by atoms with Crippen LogP contribution in [0.3, 0.4) is 0 Å². The van der Waals surface area contributed by atoms with Gasteiger partial charge in [-0.2, -0.15) is 0 Å². The Morgan fingerprint density at radius 2 is 2.06 bits per heavy atom. The molecule has 0 unspecified atom stereocenters. The summed E-state index contributed by atoms with van der Waals surface area (Å²) in [6, 6.07) is 8.01. The van der Waals surface area contributed by atoms with Crippen LogP contribution in [-0.4, -0.2) is 16.2 Å². The van der Waals surface area contributed by atoms with Gasteiger partial charge in [0.1, 0.15) is 11.4 Å². The first-order chi connectivity index (χ1) is 8.92. The fourth-order valence-electron chi connectivity index (χ4n) is 1.80. The highest BCUT2D eigenvalue weighted by Gasteiger charge is 2.07. The normalized spacial score (nSPS) is 10.5. The third-order valence-corrected chi connectivity index (χ3v) is 3.28. The fraction of sp³-hybridized carbons (Fsp3) is 0.429. The largest absolute Gasteiger partial charge is 0.493 e. The molecule has 1 aromatic carbocycles. The Balaban J connectivity index is 1.96. The Kier molecular flexibility index (Phi) is 5.15. The van der Waals surface area contributed by atoms with E-state index in [4.69, 9.17) is 4.74 Å². The van der Waals surface area contributed by atoms with Crippen molar-refractivity contribution in [2.24, 2.45) is 0 Å². The van der Waals surface area contributed by atoms with Gasteiger partial charge in [0.25, 0.3) is 0 Å². The molecule has 18 heavy (non-hydrogen) atoms. The van der Waals surface area contributed by atoms with Gasteiger partial charge in [-0.15, -0.1) is 5.10 Å². The summed E-state index contributed by atoms with van der Waals surface area (Å²) in [7, 11) is 0. The Bertz CT molecular complexity index is 457. The standard InChI is InChI=1S/C14H18N2OS/c1-2-3-4-7-10-17-14-9-6-5-8-12(14)13-11-18-16-15-13/h5-6,8-9,11H,2-4,7,10H2,1H3. The summed E-state index contributed by atoms with van der Waals surface area (Å²) < 4.78 is 9.74. The monoisotopic (exact) mass is 262 g/mol. The summed E-state index contributed by atoms with van der Waals surface area (Å²) in [6.07, 6.45) is 4.87. The number of hydrogen-bond donors (Lipinski definition) is 0. The van der Waals surface area contributed by atoms with Crippen LogP contribution in [0.4, 0.5) is 0 Å². The maximum absolute atomic E-state index is 5.84. The van der Waals surface area contributed by atoms with Crippen molar-refractivity contribution in [2.45, 2.75) is 32.6 Å². The quantitative estimate of drug-likeness (QED) is 0.703. The van der Waals surface area contributed by atoms with Crippen molar-refractivity contribution in [3.8, 4) is 17.0 Å². The second kappa shape index (κ2) is 7.11. The second-order valence-corrected chi connectivity index (χ2v) is 4.81. The van der Waals surface area contributed by atoms with Crippen molar-refractivity contribution in [3.05, 3.63) is 29.6 Å². The zero-order chi connectivity index (χ0) is 12.6. The van der Waals surface area contributed by atoms with Crippen LogP contribution < -0.4 is 4.74 Å². The van der Waals surface area contributed by atoms with Gasteiger partial charge in [0.05, 0.1) is 6.61 Å². The first-order valence-electron chi connectivity index (χ1n) is 6.41. The van der Waals surface area contributed by atoms with E-state index < -0.39 is 0 Å². The van der Waals surface area contributed by atoms with Crippen LogP contribution in [-0.2, 0) is 0 Å². The van der Waals surface area contributed by atoms with E-state index in [1.807, 2.05) is 29.6 Å². The molecule has 1 aromatic heterocycles. The summed E-state index contributed by atoms with van der Waals surface area (Å²) in [6.45, 7) is 2.99. The van der Waals surface area contributed by atoms with Crippen LogP contribution in [0.25, 0.3) is 11.3 Å². The summed E-state index contributed by atoms with van der Waals surface area (Å²) >= 11 is 1.36. The van der Waals surface area contributed by atoms with Crippen molar-refractivity contribution >= 4 is 11.5 Å². The molecular formula is C14H18N2OS. The van der Waals surface area contributed by atoms with Crippen LogP contribution in [0.2, 0.25) is 0 Å². The van der Waals surface area contributed by atoms with Gasteiger partial charge in [-0.1, -0.05) is 42.8 Å². The third kappa shape index (κ3) is 3.53. The molecule has 0 saturated heterocycles. The highest BCUT2D eigenvalue weighted by atomic mass is 32.1. The topological polar surface area (TPSA) is 35.0 Å². The highest BCUT2D eigenvalue weighted by Crippen LogP contribution is 2.28. The second-order valence-electron chi connectivity index (χ2n) is 4.20. The summed E-state index contributed by atoms with van der Waals surface area (Å²) in [5.74, 6) is 0.904. The van der Waals surface area contributed by atoms with Crippen LogP contribution in [0.5, 0.6) is 5.75 Å². The lowest BCUT2D eigenvalue weighted by molar-refractivity contribution is 0.306. The van der Waals surface area contributed by atoms with Crippen LogP contribution in [0.15, 0.2) is 29.6 Å². The summed E-state index contributed by atoms with van der Waals surface area (Å²) in [5.41, 5.74) is 1.92. The van der Waals surface area contributed by atoms with Gasteiger partial charge in [-0.05, 0) is 30.1 Å². The molecule has 0 N–H and O–H groups in total. The number of aromatic nitrogens is 2. The van der Waals surface area contributed by atoms with Crippen molar-refractivity contribution in [1.82, 2.24) is 9.59 Å². The predicted molar refractivity (Wildman–Crippen MR) is 75.0 cm³/mol. The Morgan fingerprint density at radius 3 is 2.83 bits per heavy atom. The first kappa shape index (κ1) is 13.0. The van der Waals surface area contributed by atoms with E-state index in [-0.39, 0.29) is 0 Å². The molecule has 0 bridgehead atoms. The summed E-state index contributed by atoms with van der Waals surface area (Å²) in [5, 5.41) is 6.04. The van der Waals surface area contributed by atoms with Crippen LogP contribution in [0, 0.1) is 0 Å². The number of hydrogen-bond acceptors (Lipinski definition) is 4. The highest BCUT2D eigenvalue weighted by molar-refractivity contribution is 7.03. The first-order valence-corrected chi connectivity index (χ1v) is 7.24. The third-order valence-electron chi connectivity index (χ3n) is 2.78. The molecule has 0 amide bonds. The molecule has 0 radical (unpaired) electrons. The van der Waals surface area contributed by atoms with Gasteiger partial charge in [0.15, 0.2) is 0 Å². The molecule has 4 heteroatoms. The summed E-state index contributed by atoms with van der Waals surface area (Å²) in [4.78, 5) is 0. The zero-order valence-corrected chi connectivity index (χ0v) is 11.4. The lowest BCUT2D eigenvalue weighted by atomic mass is 10.1. The number of nitrogens with zero attached hydrogens (tertiary/aromatic N) is 2. The van der Waals surface area contributed by atoms with Crippen molar-refractivity contribution in [2.75, 3.05) is 6.61 Å². The number of benzene rings is 1. The maximum Gasteiger partial charge on any atom is 0.128 e. The minimum Gasteiger partial charge on any atom is -0.493 e. The predicted octanol–water partition coefficient (Wildman–Crippen LogP) is 4.16. The molecule has 0 saturated carbocycles. The fourth-order valence-corrected chi connectivity index (χ4v) is 2.25. The van der Waals surface area contributed by atoms with E-state index in [1.165, 1.54) is 30.8 Å². The van der Waals surface area contributed by atoms with Gasteiger partial charge in [-0.25, -0.2) is 0 Å². The average Bonchev–Trinajstić information content (AvgIpc) is 2.93. The van der Waals surface area contributed by atoms with E-state index in [0.29, 0.717) is 0 Å². The van der Waals surface area contributed by atoms with Crippen molar-refractivity contribution in [1.29, 1.82) is 0 Å². The molecule has 2 rings (SSSR count). The van der Waals surface area contributed by atoms with E-state index in [0.717, 1.165) is 30.0 Å². The molecule has 2 aromatic rings. The van der Waals surface area contributed by atoms with Gasteiger partial charge in [0, 0.05) is 10.9 Å². The maximum atomic E-state index is 5.84. The molecule has 3 nitrogen and oxygen atoms in total. The molecule has 0 aliphatic heterocycles. The lowest BCUT2D eigenvalue weighted by Gasteiger charge is -2.09. The molecule has 1 heterocycles. The van der Waals surface area contributed by atoms with E-state index in [2.05, 4.69) is 16.5 Å². The molecule has 0 spiro atoms. The van der Waals surface area contributed by atoms with Crippen LogP contribution >= 0.6 is 11.5 Å². The molecule has 0 atom stereocenters. The lowest BCUT2D eigenvalue weighted by Crippen LogP contribution is -1.98. The Hall–Kier alpha value is -1.42. The van der Waals surface area contributed by atoms with Crippen molar-refractivity contribution in [3.63, 3.8) is 0 Å². The molecule has 0 aliphatic carbocycles. The minimum atomic E-state index is 0.772. The van der Waals surface area contributed by atoms with Crippen molar-refractivity contribution < 1.29 is 4.74 Å². The van der Waals surface area contributed by atoms with Gasteiger partial charge in [-0.3, -0.25) is 0 Å². The number of ether oxygens (including phenoxy) is 1. The van der Waals surface area contributed by atoms with Gasteiger partial charge >= 0.3 is 0 Å². The molecule has 0 aliphatic rings. The molecule has 0 fully saturated rings. The number of unbranched alkanes of at least 4 members (excludes halogenated alkanes) is 3.